The molecule has 0 amide bonds. The monoisotopic (exact) mass is 222 g/mol. The summed E-state index contributed by atoms with van der Waals surface area (Å²) in [5.41, 5.74) is 0.659. The largest absolute Gasteiger partial charge is 0.507 e. The van der Waals surface area contributed by atoms with Crippen molar-refractivity contribution < 1.29 is 20.1 Å². The van der Waals surface area contributed by atoms with Crippen LogP contribution in [-0.4, -0.2) is 33.8 Å². The standard InChI is InChI=1S/C12H14O4/c1-8(14)11(15)6-5-9-3-2-4-12(16)10(9)7-13/h2-8,11,14-16H,1H3/b6-5+/t8-,11-/m0/s1. The Labute approximate surface area is 93.5 Å². The lowest BCUT2D eigenvalue weighted by Crippen LogP contribution is -2.19. The Bertz CT molecular complexity index is 396. The average Bonchev–Trinajstić information content (AvgIpc) is 2.25. The Morgan fingerprint density at radius 2 is 2.00 bits per heavy atom. The van der Waals surface area contributed by atoms with Crippen molar-refractivity contribution in [2.45, 2.75) is 19.1 Å². The summed E-state index contributed by atoms with van der Waals surface area (Å²) < 4.78 is 0. The normalized spacial score (nSPS) is 14.9. The molecule has 0 aliphatic heterocycles. The zero-order valence-corrected chi connectivity index (χ0v) is 8.87. The van der Waals surface area contributed by atoms with Crippen LogP contribution in [0.25, 0.3) is 6.08 Å². The molecule has 16 heavy (non-hydrogen) atoms. The fourth-order valence-corrected chi connectivity index (χ4v) is 1.21. The molecule has 4 heteroatoms. The summed E-state index contributed by atoms with van der Waals surface area (Å²) >= 11 is 0. The van der Waals surface area contributed by atoms with Gasteiger partial charge in [-0.15, -0.1) is 0 Å². The molecule has 0 fully saturated rings. The molecule has 0 saturated heterocycles. The maximum atomic E-state index is 10.7. The third-order valence-electron chi connectivity index (χ3n) is 2.20. The molecule has 2 atom stereocenters. The van der Waals surface area contributed by atoms with Crippen molar-refractivity contribution in [3.8, 4) is 5.75 Å². The molecule has 3 N–H and O–H groups in total. The molecule has 0 aliphatic carbocycles. The molecule has 0 radical (unpaired) electrons. The Balaban J connectivity index is 2.97. The lowest BCUT2D eigenvalue weighted by molar-refractivity contribution is 0.0624. The van der Waals surface area contributed by atoms with Crippen molar-refractivity contribution in [3.05, 3.63) is 35.4 Å². The van der Waals surface area contributed by atoms with Crippen LogP contribution in [0, 0.1) is 0 Å². The van der Waals surface area contributed by atoms with Crippen LogP contribution in [0.1, 0.15) is 22.8 Å². The average molecular weight is 222 g/mol. The zero-order valence-electron chi connectivity index (χ0n) is 8.87. The van der Waals surface area contributed by atoms with E-state index in [1.165, 1.54) is 25.1 Å². The number of hydrogen-bond donors (Lipinski definition) is 3. The Morgan fingerprint density at radius 3 is 2.56 bits per heavy atom. The van der Waals surface area contributed by atoms with E-state index < -0.39 is 12.2 Å². The van der Waals surface area contributed by atoms with E-state index in [0.29, 0.717) is 11.8 Å². The highest BCUT2D eigenvalue weighted by Gasteiger charge is 2.07. The SMILES string of the molecule is C[C@H](O)[C@@H](O)/C=C/c1cccc(O)c1C=O. The second-order valence-corrected chi connectivity index (χ2v) is 3.49. The first-order valence-electron chi connectivity index (χ1n) is 4.87. The predicted octanol–water partition coefficient (Wildman–Crippen LogP) is 0.960. The summed E-state index contributed by atoms with van der Waals surface area (Å²) in [5.74, 6) is -0.108. The summed E-state index contributed by atoms with van der Waals surface area (Å²) in [4.78, 5) is 10.7. The molecular weight excluding hydrogens is 208 g/mol. The van der Waals surface area contributed by atoms with Crippen molar-refractivity contribution in [1.29, 1.82) is 0 Å². The Kier molecular flexibility index (Phi) is 4.22. The molecule has 0 saturated carbocycles. The fraction of sp³-hybridized carbons (Fsp3) is 0.250. The molecule has 0 aliphatic rings. The van der Waals surface area contributed by atoms with Crippen molar-refractivity contribution in [1.82, 2.24) is 0 Å². The number of aldehydes is 1. The topological polar surface area (TPSA) is 77.8 Å². The second-order valence-electron chi connectivity index (χ2n) is 3.49. The first-order valence-corrected chi connectivity index (χ1v) is 4.87. The van der Waals surface area contributed by atoms with Gasteiger partial charge in [0, 0.05) is 0 Å². The molecule has 0 heterocycles. The number of carbonyl (C=O) groups is 1. The molecule has 0 aromatic heterocycles. The maximum absolute atomic E-state index is 10.7. The molecule has 1 aromatic carbocycles. The molecule has 0 unspecified atom stereocenters. The van der Waals surface area contributed by atoms with Gasteiger partial charge in [-0.1, -0.05) is 24.3 Å². The van der Waals surface area contributed by atoms with Crippen LogP contribution in [0.5, 0.6) is 5.75 Å². The van der Waals surface area contributed by atoms with Crippen LogP contribution >= 0.6 is 0 Å². The highest BCUT2D eigenvalue weighted by Crippen LogP contribution is 2.20. The van der Waals surface area contributed by atoms with E-state index in [1.807, 2.05) is 0 Å². The summed E-state index contributed by atoms with van der Waals surface area (Å²) in [6.45, 7) is 1.46. The van der Waals surface area contributed by atoms with Gasteiger partial charge in [-0.05, 0) is 18.6 Å². The number of phenolic OH excluding ortho intramolecular Hbond substituents is 1. The number of phenols is 1. The minimum Gasteiger partial charge on any atom is -0.507 e. The quantitative estimate of drug-likeness (QED) is 0.663. The van der Waals surface area contributed by atoms with E-state index >= 15 is 0 Å². The van der Waals surface area contributed by atoms with Gasteiger partial charge >= 0.3 is 0 Å². The molecule has 86 valence electrons. The van der Waals surface area contributed by atoms with Crippen molar-refractivity contribution >= 4 is 12.4 Å². The van der Waals surface area contributed by atoms with E-state index in [9.17, 15) is 15.0 Å². The lowest BCUT2D eigenvalue weighted by atomic mass is 10.1. The van der Waals surface area contributed by atoms with E-state index in [-0.39, 0.29) is 11.3 Å². The summed E-state index contributed by atoms with van der Waals surface area (Å²) in [6.07, 6.45) is 1.52. The number of carbonyl (C=O) groups excluding carboxylic acids is 1. The Morgan fingerprint density at radius 1 is 1.31 bits per heavy atom. The van der Waals surface area contributed by atoms with E-state index in [0.717, 1.165) is 0 Å². The number of aliphatic hydroxyl groups is 2. The number of rotatable bonds is 4. The Hall–Kier alpha value is -1.65. The van der Waals surface area contributed by atoms with E-state index in [1.54, 1.807) is 12.1 Å². The van der Waals surface area contributed by atoms with Crippen molar-refractivity contribution in [2.24, 2.45) is 0 Å². The van der Waals surface area contributed by atoms with Gasteiger partial charge in [-0.2, -0.15) is 0 Å². The van der Waals surface area contributed by atoms with Crippen LogP contribution < -0.4 is 0 Å². The third-order valence-corrected chi connectivity index (χ3v) is 2.20. The number of aromatic hydroxyl groups is 1. The molecular formula is C12H14O4. The van der Waals surface area contributed by atoms with Crippen LogP contribution in [0.15, 0.2) is 24.3 Å². The number of aliphatic hydroxyl groups excluding tert-OH is 2. The minimum atomic E-state index is -0.998. The van der Waals surface area contributed by atoms with Gasteiger partial charge in [-0.25, -0.2) is 0 Å². The highest BCUT2D eigenvalue weighted by molar-refractivity contribution is 5.85. The molecule has 4 nitrogen and oxygen atoms in total. The van der Waals surface area contributed by atoms with Gasteiger partial charge in [0.1, 0.15) is 5.75 Å². The second kappa shape index (κ2) is 5.44. The smallest absolute Gasteiger partial charge is 0.154 e. The number of hydrogen-bond acceptors (Lipinski definition) is 4. The van der Waals surface area contributed by atoms with Crippen LogP contribution in [0.4, 0.5) is 0 Å². The minimum absolute atomic E-state index is 0.108. The zero-order chi connectivity index (χ0) is 12.1. The van der Waals surface area contributed by atoms with Gasteiger partial charge in [0.25, 0.3) is 0 Å². The lowest BCUT2D eigenvalue weighted by Gasteiger charge is -2.08. The highest BCUT2D eigenvalue weighted by atomic mass is 16.3. The van der Waals surface area contributed by atoms with Crippen LogP contribution in [-0.2, 0) is 0 Å². The molecule has 1 rings (SSSR count). The maximum Gasteiger partial charge on any atom is 0.154 e. The fourth-order valence-electron chi connectivity index (χ4n) is 1.21. The number of benzene rings is 1. The molecule has 1 aromatic rings. The van der Waals surface area contributed by atoms with Gasteiger partial charge in [0.05, 0.1) is 17.8 Å². The van der Waals surface area contributed by atoms with Gasteiger partial charge in [0.2, 0.25) is 0 Å². The van der Waals surface area contributed by atoms with Crippen LogP contribution in [0.3, 0.4) is 0 Å². The first-order chi connectivity index (χ1) is 7.56. The van der Waals surface area contributed by atoms with Crippen molar-refractivity contribution in [2.75, 3.05) is 0 Å². The summed E-state index contributed by atoms with van der Waals surface area (Å²) in [6, 6.07) is 4.64. The summed E-state index contributed by atoms with van der Waals surface area (Å²) in [5, 5.41) is 27.8. The predicted molar refractivity (Wildman–Crippen MR) is 60.2 cm³/mol. The molecule has 0 bridgehead atoms. The summed E-state index contributed by atoms with van der Waals surface area (Å²) in [7, 11) is 0. The van der Waals surface area contributed by atoms with Crippen LogP contribution in [0.2, 0.25) is 0 Å². The van der Waals surface area contributed by atoms with Crippen molar-refractivity contribution in [3.63, 3.8) is 0 Å². The van der Waals surface area contributed by atoms with Gasteiger partial charge < -0.3 is 15.3 Å². The molecule has 0 spiro atoms. The van der Waals surface area contributed by atoms with Gasteiger partial charge in [-0.3, -0.25) is 4.79 Å². The third kappa shape index (κ3) is 2.92. The first kappa shape index (κ1) is 12.4. The van der Waals surface area contributed by atoms with Gasteiger partial charge in [0.15, 0.2) is 6.29 Å². The van der Waals surface area contributed by atoms with E-state index in [4.69, 9.17) is 5.11 Å². The van der Waals surface area contributed by atoms with E-state index in [2.05, 4.69) is 0 Å².